The molecule has 0 saturated heterocycles. The van der Waals surface area contributed by atoms with Crippen LogP contribution in [0.15, 0.2) is 53.2 Å². The standard InChI is InChI=1S/C16H8Cl2INO2/c17-12-4-2-1-3-9(12)7-14-16(21)22-15(20-14)11-8-10(19)5-6-13(11)18/h1-8H/b14-7+. The van der Waals surface area contributed by atoms with E-state index < -0.39 is 5.97 Å². The SMILES string of the molecule is O=C1OC(c2cc(I)ccc2Cl)=N/C1=C/c1ccccc1Cl. The van der Waals surface area contributed by atoms with Crippen LogP contribution < -0.4 is 0 Å². The number of aliphatic imine (C=N–C) groups is 1. The molecule has 0 amide bonds. The smallest absolute Gasteiger partial charge is 0.363 e. The van der Waals surface area contributed by atoms with Crippen molar-refractivity contribution in [2.45, 2.75) is 0 Å². The van der Waals surface area contributed by atoms with Crippen molar-refractivity contribution < 1.29 is 9.53 Å². The largest absolute Gasteiger partial charge is 0.402 e. The van der Waals surface area contributed by atoms with Crippen molar-refractivity contribution in [1.82, 2.24) is 0 Å². The van der Waals surface area contributed by atoms with Crippen molar-refractivity contribution in [3.63, 3.8) is 0 Å². The molecule has 1 heterocycles. The summed E-state index contributed by atoms with van der Waals surface area (Å²) < 4.78 is 6.19. The van der Waals surface area contributed by atoms with Gasteiger partial charge in [-0.3, -0.25) is 0 Å². The molecule has 1 aliphatic heterocycles. The zero-order chi connectivity index (χ0) is 15.7. The number of carbonyl (C=O) groups is 1. The third kappa shape index (κ3) is 3.19. The van der Waals surface area contributed by atoms with Crippen molar-refractivity contribution in [1.29, 1.82) is 0 Å². The lowest BCUT2D eigenvalue weighted by Crippen LogP contribution is -2.06. The average Bonchev–Trinajstić information content (AvgIpc) is 2.85. The molecule has 0 spiro atoms. The summed E-state index contributed by atoms with van der Waals surface area (Å²) in [6.45, 7) is 0. The first-order chi connectivity index (χ1) is 10.5. The van der Waals surface area contributed by atoms with Gasteiger partial charge in [0.05, 0.1) is 10.6 Å². The van der Waals surface area contributed by atoms with Crippen LogP contribution in [0.2, 0.25) is 10.0 Å². The first kappa shape index (κ1) is 15.5. The lowest BCUT2D eigenvalue weighted by atomic mass is 10.2. The number of ether oxygens (including phenoxy) is 1. The second kappa shape index (κ2) is 6.40. The van der Waals surface area contributed by atoms with Crippen LogP contribution in [0.5, 0.6) is 0 Å². The first-order valence-electron chi connectivity index (χ1n) is 6.27. The van der Waals surface area contributed by atoms with Gasteiger partial charge in [-0.25, -0.2) is 9.79 Å². The van der Waals surface area contributed by atoms with Gasteiger partial charge in [0.1, 0.15) is 0 Å². The second-order valence-electron chi connectivity index (χ2n) is 4.48. The van der Waals surface area contributed by atoms with Crippen molar-refractivity contribution >= 4 is 63.7 Å². The average molecular weight is 444 g/mol. The van der Waals surface area contributed by atoms with Gasteiger partial charge >= 0.3 is 5.97 Å². The van der Waals surface area contributed by atoms with Crippen molar-refractivity contribution in [3.05, 3.63) is 72.9 Å². The zero-order valence-electron chi connectivity index (χ0n) is 11.0. The van der Waals surface area contributed by atoms with Crippen LogP contribution in [0, 0.1) is 3.57 Å². The molecule has 2 aromatic carbocycles. The number of esters is 1. The summed E-state index contributed by atoms with van der Waals surface area (Å²) in [6.07, 6.45) is 1.60. The molecule has 0 fully saturated rings. The fraction of sp³-hybridized carbons (Fsp3) is 0. The van der Waals surface area contributed by atoms with Gasteiger partial charge in [0, 0.05) is 8.59 Å². The van der Waals surface area contributed by atoms with Crippen LogP contribution in [-0.2, 0) is 9.53 Å². The maximum Gasteiger partial charge on any atom is 0.363 e. The number of rotatable bonds is 2. The van der Waals surface area contributed by atoms with Crippen LogP contribution in [0.4, 0.5) is 0 Å². The number of hydrogen-bond acceptors (Lipinski definition) is 3. The molecule has 3 nitrogen and oxygen atoms in total. The topological polar surface area (TPSA) is 38.7 Å². The van der Waals surface area contributed by atoms with E-state index in [1.807, 2.05) is 24.3 Å². The summed E-state index contributed by atoms with van der Waals surface area (Å²) >= 11 is 14.4. The molecule has 6 heteroatoms. The Balaban J connectivity index is 2.02. The summed E-state index contributed by atoms with van der Waals surface area (Å²) in [6, 6.07) is 12.6. The van der Waals surface area contributed by atoms with Gasteiger partial charge in [-0.2, -0.15) is 0 Å². The highest BCUT2D eigenvalue weighted by Gasteiger charge is 2.25. The highest BCUT2D eigenvalue weighted by Crippen LogP contribution is 2.26. The Morgan fingerprint density at radius 3 is 2.64 bits per heavy atom. The Bertz CT molecular complexity index is 831. The molecule has 2 aromatic rings. The Hall–Kier alpha value is -1.37. The van der Waals surface area contributed by atoms with Gasteiger partial charge in [0.2, 0.25) is 5.90 Å². The third-order valence-corrected chi connectivity index (χ3v) is 4.32. The summed E-state index contributed by atoms with van der Waals surface area (Å²) in [4.78, 5) is 16.2. The summed E-state index contributed by atoms with van der Waals surface area (Å²) in [5.74, 6) is -0.323. The van der Waals surface area contributed by atoms with E-state index in [4.69, 9.17) is 27.9 Å². The summed E-state index contributed by atoms with van der Waals surface area (Å²) in [7, 11) is 0. The van der Waals surface area contributed by atoms with Crippen LogP contribution in [0.25, 0.3) is 6.08 Å². The van der Waals surface area contributed by atoms with Crippen LogP contribution in [0.1, 0.15) is 11.1 Å². The fourth-order valence-electron chi connectivity index (χ4n) is 1.93. The predicted molar refractivity (Wildman–Crippen MR) is 96.2 cm³/mol. The molecule has 0 saturated carbocycles. The van der Waals surface area contributed by atoms with Crippen molar-refractivity contribution in [2.24, 2.45) is 4.99 Å². The van der Waals surface area contributed by atoms with E-state index in [2.05, 4.69) is 27.6 Å². The molecule has 110 valence electrons. The second-order valence-corrected chi connectivity index (χ2v) is 6.54. The summed E-state index contributed by atoms with van der Waals surface area (Å²) in [5.41, 5.74) is 1.48. The van der Waals surface area contributed by atoms with E-state index in [1.165, 1.54) is 0 Å². The van der Waals surface area contributed by atoms with Crippen LogP contribution in [0.3, 0.4) is 0 Å². The van der Waals surface area contributed by atoms with Crippen molar-refractivity contribution in [3.8, 4) is 0 Å². The maximum absolute atomic E-state index is 12.0. The zero-order valence-corrected chi connectivity index (χ0v) is 14.7. The van der Waals surface area contributed by atoms with Gasteiger partial charge < -0.3 is 4.74 Å². The molecule has 0 atom stereocenters. The predicted octanol–water partition coefficient (Wildman–Crippen LogP) is 4.94. The molecule has 0 unspecified atom stereocenters. The van der Waals surface area contributed by atoms with Gasteiger partial charge in [-0.05, 0) is 58.5 Å². The van der Waals surface area contributed by atoms with E-state index >= 15 is 0 Å². The Labute approximate surface area is 150 Å². The fourth-order valence-corrected chi connectivity index (χ4v) is 2.81. The minimum Gasteiger partial charge on any atom is -0.402 e. The summed E-state index contributed by atoms with van der Waals surface area (Å²) in [5, 5.41) is 1.02. The number of benzene rings is 2. The highest BCUT2D eigenvalue weighted by atomic mass is 127. The van der Waals surface area contributed by atoms with E-state index in [9.17, 15) is 4.79 Å². The van der Waals surface area contributed by atoms with Gasteiger partial charge in [0.15, 0.2) is 5.70 Å². The number of carbonyl (C=O) groups excluding carboxylic acids is 1. The number of cyclic esters (lactones) is 1. The third-order valence-electron chi connectivity index (χ3n) is 2.98. The molecular weight excluding hydrogens is 436 g/mol. The minimum atomic E-state index is -0.523. The lowest BCUT2D eigenvalue weighted by molar-refractivity contribution is -0.129. The molecular formula is C16H8Cl2INO2. The first-order valence-corrected chi connectivity index (χ1v) is 8.10. The van der Waals surface area contributed by atoms with E-state index in [0.717, 1.165) is 3.57 Å². The van der Waals surface area contributed by atoms with Crippen LogP contribution >= 0.6 is 45.8 Å². The highest BCUT2D eigenvalue weighted by molar-refractivity contribution is 14.1. The van der Waals surface area contributed by atoms with Gasteiger partial charge in [-0.1, -0.05) is 41.4 Å². The normalized spacial score (nSPS) is 15.9. The molecule has 0 aliphatic carbocycles. The van der Waals surface area contributed by atoms with Crippen molar-refractivity contribution in [2.75, 3.05) is 0 Å². The Kier molecular flexibility index (Phi) is 4.52. The van der Waals surface area contributed by atoms with E-state index in [0.29, 0.717) is 21.2 Å². The minimum absolute atomic E-state index is 0.193. The van der Waals surface area contributed by atoms with Gasteiger partial charge in [0.25, 0.3) is 0 Å². The Morgan fingerprint density at radius 2 is 1.86 bits per heavy atom. The lowest BCUT2D eigenvalue weighted by Gasteiger charge is -2.02. The van der Waals surface area contributed by atoms with E-state index in [1.54, 1.807) is 24.3 Å². The quantitative estimate of drug-likeness (QED) is 0.374. The molecule has 0 aromatic heterocycles. The molecule has 0 bridgehead atoms. The number of nitrogens with zero attached hydrogens (tertiary/aromatic N) is 1. The molecule has 0 radical (unpaired) electrons. The molecule has 0 N–H and O–H groups in total. The monoisotopic (exact) mass is 443 g/mol. The molecule has 1 aliphatic rings. The molecule has 3 rings (SSSR count). The van der Waals surface area contributed by atoms with E-state index in [-0.39, 0.29) is 11.6 Å². The Morgan fingerprint density at radius 1 is 1.09 bits per heavy atom. The number of hydrogen-bond donors (Lipinski definition) is 0. The number of halogens is 3. The maximum atomic E-state index is 12.0. The van der Waals surface area contributed by atoms with Gasteiger partial charge in [-0.15, -0.1) is 0 Å². The molecule has 22 heavy (non-hydrogen) atoms. The van der Waals surface area contributed by atoms with Crippen LogP contribution in [-0.4, -0.2) is 11.9 Å².